The maximum absolute atomic E-state index is 13.7. The molecule has 3 aromatic rings. The Morgan fingerprint density at radius 1 is 1.07 bits per heavy atom. The number of ether oxygens (including phenoxy) is 2. The van der Waals surface area contributed by atoms with Gasteiger partial charge in [0.05, 0.1) is 18.9 Å². The Morgan fingerprint density at radius 3 is 2.48 bits per heavy atom. The number of hydrogen-bond donors (Lipinski definition) is 2. The molecule has 0 spiro atoms. The largest absolute Gasteiger partial charge is 0.381 e. The summed E-state index contributed by atoms with van der Waals surface area (Å²) >= 11 is 0. The number of pyridine rings is 2. The van der Waals surface area contributed by atoms with Crippen LogP contribution in [0.25, 0.3) is 11.3 Å². The summed E-state index contributed by atoms with van der Waals surface area (Å²) in [5.41, 5.74) is 7.49. The first-order valence-electron chi connectivity index (χ1n) is 15.1. The van der Waals surface area contributed by atoms with Gasteiger partial charge in [-0.25, -0.2) is 0 Å². The summed E-state index contributed by atoms with van der Waals surface area (Å²) in [7, 11) is 0. The van der Waals surface area contributed by atoms with E-state index in [4.69, 9.17) is 14.5 Å². The molecular formula is C33H43N5O4. The topological polar surface area (TPSA) is 99.8 Å². The molecule has 0 unspecified atom stereocenters. The quantitative estimate of drug-likeness (QED) is 0.397. The molecule has 0 saturated carbocycles. The number of anilines is 1. The summed E-state index contributed by atoms with van der Waals surface area (Å²) in [5.74, 6) is -0.207. The minimum Gasteiger partial charge on any atom is -0.381 e. The van der Waals surface area contributed by atoms with Gasteiger partial charge in [-0.2, -0.15) is 0 Å². The van der Waals surface area contributed by atoms with Crippen molar-refractivity contribution >= 4 is 11.6 Å². The van der Waals surface area contributed by atoms with Crippen LogP contribution in [0.2, 0.25) is 0 Å². The second kappa shape index (κ2) is 13.6. The molecule has 0 aliphatic carbocycles. The van der Waals surface area contributed by atoms with Gasteiger partial charge in [0.15, 0.2) is 0 Å². The van der Waals surface area contributed by atoms with Crippen molar-refractivity contribution in [1.82, 2.24) is 20.2 Å². The van der Waals surface area contributed by atoms with Crippen molar-refractivity contribution < 1.29 is 14.3 Å². The van der Waals surface area contributed by atoms with E-state index in [0.717, 1.165) is 105 Å². The van der Waals surface area contributed by atoms with Crippen LogP contribution in [0, 0.1) is 20.8 Å². The molecule has 42 heavy (non-hydrogen) atoms. The molecule has 2 aliphatic heterocycles. The monoisotopic (exact) mass is 573 g/mol. The summed E-state index contributed by atoms with van der Waals surface area (Å²) in [6.45, 7) is 14.6. The lowest BCUT2D eigenvalue weighted by atomic mass is 9.96. The number of carbonyl (C=O) groups excluding carboxylic acids is 1. The van der Waals surface area contributed by atoms with E-state index in [1.165, 1.54) is 0 Å². The highest BCUT2D eigenvalue weighted by Crippen LogP contribution is 2.33. The number of aromatic nitrogens is 2. The van der Waals surface area contributed by atoms with E-state index >= 15 is 0 Å². The molecule has 2 saturated heterocycles. The first-order valence-corrected chi connectivity index (χ1v) is 15.1. The number of morpholine rings is 1. The van der Waals surface area contributed by atoms with Gasteiger partial charge < -0.3 is 24.7 Å². The van der Waals surface area contributed by atoms with Gasteiger partial charge in [-0.3, -0.25) is 19.5 Å². The van der Waals surface area contributed by atoms with Gasteiger partial charge >= 0.3 is 0 Å². The molecule has 1 amide bonds. The third-order valence-electron chi connectivity index (χ3n) is 8.46. The predicted molar refractivity (Wildman–Crippen MR) is 165 cm³/mol. The van der Waals surface area contributed by atoms with E-state index in [2.05, 4.69) is 39.2 Å². The fourth-order valence-electron chi connectivity index (χ4n) is 6.07. The Morgan fingerprint density at radius 2 is 1.81 bits per heavy atom. The van der Waals surface area contributed by atoms with Gasteiger partial charge in [-0.05, 0) is 81.5 Å². The normalized spacial score (nSPS) is 16.4. The number of carbonyl (C=O) groups is 1. The number of hydrogen-bond acceptors (Lipinski definition) is 7. The van der Waals surface area contributed by atoms with Gasteiger partial charge in [0, 0.05) is 86.2 Å². The zero-order valence-corrected chi connectivity index (χ0v) is 25.3. The van der Waals surface area contributed by atoms with Crippen LogP contribution in [0.5, 0.6) is 0 Å². The molecule has 0 atom stereocenters. The van der Waals surface area contributed by atoms with Crippen LogP contribution < -0.4 is 15.8 Å². The van der Waals surface area contributed by atoms with E-state index in [1.54, 1.807) is 0 Å². The van der Waals surface area contributed by atoms with Crippen molar-refractivity contribution in [3.05, 3.63) is 80.4 Å². The molecule has 2 aliphatic rings. The Kier molecular flexibility index (Phi) is 9.72. The number of rotatable bonds is 9. The second-order valence-corrected chi connectivity index (χ2v) is 11.4. The molecule has 2 fully saturated rings. The van der Waals surface area contributed by atoms with E-state index < -0.39 is 0 Å². The summed E-state index contributed by atoms with van der Waals surface area (Å²) in [5, 5.41) is 3.02. The average molecular weight is 574 g/mol. The van der Waals surface area contributed by atoms with Crippen molar-refractivity contribution in [2.75, 3.05) is 51.0 Å². The number of nitrogens with zero attached hydrogens (tertiary/aromatic N) is 3. The summed E-state index contributed by atoms with van der Waals surface area (Å²) in [6, 6.07) is 10.5. The molecule has 5 rings (SSSR count). The number of aryl methyl sites for hydroxylation is 2. The molecule has 2 aromatic heterocycles. The van der Waals surface area contributed by atoms with Crippen molar-refractivity contribution in [3.63, 3.8) is 0 Å². The van der Waals surface area contributed by atoms with Crippen LogP contribution in [0.4, 0.5) is 5.69 Å². The lowest BCUT2D eigenvalue weighted by molar-refractivity contribution is 0.0341. The highest BCUT2D eigenvalue weighted by Gasteiger charge is 2.25. The van der Waals surface area contributed by atoms with Crippen molar-refractivity contribution in [2.24, 2.45) is 0 Å². The van der Waals surface area contributed by atoms with E-state index in [9.17, 15) is 9.59 Å². The third-order valence-corrected chi connectivity index (χ3v) is 8.46. The number of amides is 1. The van der Waals surface area contributed by atoms with E-state index in [0.29, 0.717) is 17.2 Å². The van der Waals surface area contributed by atoms with Gasteiger partial charge in [-0.1, -0.05) is 6.07 Å². The molecule has 9 nitrogen and oxygen atoms in total. The Hall–Kier alpha value is -3.53. The highest BCUT2D eigenvalue weighted by atomic mass is 16.5. The lowest BCUT2D eigenvalue weighted by Gasteiger charge is -2.37. The molecular weight excluding hydrogens is 530 g/mol. The van der Waals surface area contributed by atoms with Crippen LogP contribution in [0.15, 0.2) is 41.3 Å². The average Bonchev–Trinajstić information content (AvgIpc) is 2.99. The van der Waals surface area contributed by atoms with Crippen LogP contribution in [0.1, 0.15) is 58.1 Å². The number of benzene rings is 1. The molecule has 0 bridgehead atoms. The highest BCUT2D eigenvalue weighted by molar-refractivity contribution is 5.98. The van der Waals surface area contributed by atoms with Crippen molar-refractivity contribution in [3.8, 4) is 11.3 Å². The first kappa shape index (κ1) is 29.9. The van der Waals surface area contributed by atoms with Gasteiger partial charge in [0.2, 0.25) is 0 Å². The Bertz CT molecular complexity index is 1440. The van der Waals surface area contributed by atoms with Crippen LogP contribution >= 0.6 is 0 Å². The summed E-state index contributed by atoms with van der Waals surface area (Å²) in [6.07, 6.45) is 3.83. The van der Waals surface area contributed by atoms with E-state index in [1.807, 2.05) is 45.2 Å². The number of H-pyrrole nitrogens is 1. The van der Waals surface area contributed by atoms with Gasteiger partial charge in [0.25, 0.3) is 11.5 Å². The standard InChI is InChI=1S/C33H43N5O4/c1-5-38(27-8-12-41-13-9-27)31-18-26(30-7-6-25(19-34-30)21-37-10-14-42-15-11-37)17-28(24(31)4)32(39)35-20-29-22(2)16-23(3)36-33(29)40/h6-7,16-19,27H,5,8-15,20-21H2,1-4H3,(H,35,39)(H,36,40). The predicted octanol–water partition coefficient (Wildman–Crippen LogP) is 4.13. The maximum atomic E-state index is 13.7. The van der Waals surface area contributed by atoms with Crippen LogP contribution in [-0.4, -0.2) is 72.9 Å². The summed E-state index contributed by atoms with van der Waals surface area (Å²) < 4.78 is 11.1. The Balaban J connectivity index is 1.46. The van der Waals surface area contributed by atoms with Crippen molar-refractivity contribution in [2.45, 2.75) is 59.7 Å². The third kappa shape index (κ3) is 6.91. The number of nitrogens with one attached hydrogen (secondary N) is 2. The second-order valence-electron chi connectivity index (χ2n) is 11.4. The fourth-order valence-corrected chi connectivity index (χ4v) is 6.07. The zero-order chi connectivity index (χ0) is 29.6. The van der Waals surface area contributed by atoms with Crippen molar-refractivity contribution in [1.29, 1.82) is 0 Å². The fraction of sp³-hybridized carbons (Fsp3) is 0.485. The first-order chi connectivity index (χ1) is 20.3. The molecule has 1 aromatic carbocycles. The van der Waals surface area contributed by atoms with Crippen LogP contribution in [-0.2, 0) is 22.6 Å². The zero-order valence-electron chi connectivity index (χ0n) is 25.3. The smallest absolute Gasteiger partial charge is 0.253 e. The lowest BCUT2D eigenvalue weighted by Crippen LogP contribution is -2.40. The number of aromatic amines is 1. The molecule has 9 heteroatoms. The Labute approximate surface area is 248 Å². The van der Waals surface area contributed by atoms with E-state index in [-0.39, 0.29) is 18.0 Å². The van der Waals surface area contributed by atoms with Gasteiger partial charge in [-0.15, -0.1) is 0 Å². The molecule has 2 N–H and O–H groups in total. The molecule has 224 valence electrons. The molecule has 4 heterocycles. The van der Waals surface area contributed by atoms with Gasteiger partial charge in [0.1, 0.15) is 0 Å². The minimum atomic E-state index is -0.207. The minimum absolute atomic E-state index is 0.158. The maximum Gasteiger partial charge on any atom is 0.253 e. The summed E-state index contributed by atoms with van der Waals surface area (Å²) in [4.78, 5) is 38.8. The van der Waals surface area contributed by atoms with Crippen LogP contribution in [0.3, 0.4) is 0 Å². The molecule has 0 radical (unpaired) electrons. The SMILES string of the molecule is CCN(c1cc(-c2ccc(CN3CCOCC3)cn2)cc(C(=O)NCc2c(C)cc(C)[nH]c2=O)c1C)C1CCOCC1.